The third-order valence-electron chi connectivity index (χ3n) is 3.03. The Morgan fingerprint density at radius 3 is 2.33 bits per heavy atom. The first kappa shape index (κ1) is 17.3. The fraction of sp³-hybridized carbons (Fsp3) is 0. The number of nitrogens with zero attached hydrogens (tertiary/aromatic N) is 1. The van der Waals surface area contributed by atoms with Crippen molar-refractivity contribution in [1.82, 2.24) is 0 Å². The van der Waals surface area contributed by atoms with Gasteiger partial charge >= 0.3 is 0 Å². The Hall–Kier alpha value is -3.04. The molecule has 3 N–H and O–H groups in total. The van der Waals surface area contributed by atoms with E-state index in [1.165, 1.54) is 54.7 Å². The van der Waals surface area contributed by atoms with E-state index in [1.54, 1.807) is 6.07 Å². The van der Waals surface area contributed by atoms with E-state index in [4.69, 9.17) is 5.14 Å². The quantitative estimate of drug-likeness (QED) is 0.356. The summed E-state index contributed by atoms with van der Waals surface area (Å²) in [7, 11) is -3.89. The first-order valence-corrected chi connectivity index (χ1v) is 8.17. The summed E-state index contributed by atoms with van der Waals surface area (Å²) in [6.07, 6.45) is 2.45. The van der Waals surface area contributed by atoms with Crippen molar-refractivity contribution in [3.8, 4) is 0 Å². The lowest BCUT2D eigenvalue weighted by atomic mass is 10.1. The molecule has 0 saturated carbocycles. The highest BCUT2D eigenvalue weighted by Crippen LogP contribution is 2.19. The zero-order chi connectivity index (χ0) is 17.7. The van der Waals surface area contributed by atoms with E-state index in [1.807, 2.05) is 0 Å². The Kier molecular flexibility index (Phi) is 5.07. The maximum atomic E-state index is 12.0. The molecule has 0 saturated heterocycles. The number of hydrogen-bond acceptors (Lipinski definition) is 6. The van der Waals surface area contributed by atoms with Crippen LogP contribution < -0.4 is 10.5 Å². The topological polar surface area (TPSA) is 132 Å². The smallest absolute Gasteiger partial charge is 0.269 e. The van der Waals surface area contributed by atoms with Crippen molar-refractivity contribution >= 4 is 27.2 Å². The van der Waals surface area contributed by atoms with E-state index in [9.17, 15) is 23.3 Å². The Balaban J connectivity index is 2.12. The number of carbonyl (C=O) groups excluding carboxylic acids is 1. The number of sulfonamides is 1. The van der Waals surface area contributed by atoms with Gasteiger partial charge in [0, 0.05) is 30.0 Å². The van der Waals surface area contributed by atoms with Gasteiger partial charge in [0.25, 0.3) is 5.69 Å². The van der Waals surface area contributed by atoms with Gasteiger partial charge in [0.15, 0.2) is 5.78 Å². The average molecular weight is 347 g/mol. The lowest BCUT2D eigenvalue weighted by Gasteiger charge is -2.06. The van der Waals surface area contributed by atoms with Crippen LogP contribution >= 0.6 is 0 Å². The summed E-state index contributed by atoms with van der Waals surface area (Å²) in [6, 6.07) is 11.1. The highest BCUT2D eigenvalue weighted by molar-refractivity contribution is 7.89. The van der Waals surface area contributed by atoms with Crippen LogP contribution in [0.3, 0.4) is 0 Å². The molecule has 0 spiro atoms. The molecule has 0 aliphatic rings. The molecule has 0 radical (unpaired) electrons. The van der Waals surface area contributed by atoms with Crippen molar-refractivity contribution in [2.75, 3.05) is 5.32 Å². The monoisotopic (exact) mass is 347 g/mol. The second-order valence-corrected chi connectivity index (χ2v) is 6.22. The van der Waals surface area contributed by atoms with Crippen LogP contribution in [0.5, 0.6) is 0 Å². The molecule has 2 aromatic rings. The number of nitrogens with two attached hydrogens (primary N) is 1. The van der Waals surface area contributed by atoms with Gasteiger partial charge in [-0.3, -0.25) is 14.9 Å². The van der Waals surface area contributed by atoms with Crippen molar-refractivity contribution in [2.24, 2.45) is 5.14 Å². The van der Waals surface area contributed by atoms with E-state index >= 15 is 0 Å². The minimum absolute atomic E-state index is 0.0996. The van der Waals surface area contributed by atoms with Gasteiger partial charge in [-0.1, -0.05) is 12.1 Å². The van der Waals surface area contributed by atoms with Crippen molar-refractivity contribution in [3.05, 3.63) is 76.5 Å². The van der Waals surface area contributed by atoms with Crippen LogP contribution in [-0.2, 0) is 10.0 Å². The number of nitro groups is 1. The Morgan fingerprint density at radius 2 is 1.75 bits per heavy atom. The Morgan fingerprint density at radius 1 is 1.12 bits per heavy atom. The fourth-order valence-corrected chi connectivity index (χ4v) is 2.59. The first-order valence-electron chi connectivity index (χ1n) is 6.63. The molecule has 24 heavy (non-hydrogen) atoms. The second-order valence-electron chi connectivity index (χ2n) is 4.69. The molecule has 0 aliphatic carbocycles. The van der Waals surface area contributed by atoms with Gasteiger partial charge in [0.1, 0.15) is 4.90 Å². The molecule has 0 aliphatic heterocycles. The predicted molar refractivity (Wildman–Crippen MR) is 88.0 cm³/mol. The van der Waals surface area contributed by atoms with E-state index < -0.39 is 20.7 Å². The number of hydrogen-bond donors (Lipinski definition) is 2. The van der Waals surface area contributed by atoms with Gasteiger partial charge in [-0.2, -0.15) is 0 Å². The van der Waals surface area contributed by atoms with Crippen LogP contribution in [0.4, 0.5) is 11.4 Å². The highest BCUT2D eigenvalue weighted by atomic mass is 32.2. The predicted octanol–water partition coefficient (Wildman–Crippen LogP) is 2.05. The maximum absolute atomic E-state index is 12.0. The van der Waals surface area contributed by atoms with E-state index in [-0.39, 0.29) is 21.8 Å². The molecule has 0 unspecified atom stereocenters. The van der Waals surface area contributed by atoms with Crippen LogP contribution in [0.2, 0.25) is 0 Å². The van der Waals surface area contributed by atoms with E-state index in [0.29, 0.717) is 0 Å². The van der Waals surface area contributed by atoms with Gasteiger partial charge in [0.05, 0.1) is 10.6 Å². The Labute approximate surface area is 137 Å². The summed E-state index contributed by atoms with van der Waals surface area (Å²) < 4.78 is 22.9. The number of allylic oxidation sites excluding steroid dienone is 1. The van der Waals surface area contributed by atoms with Gasteiger partial charge in [-0.15, -0.1) is 0 Å². The summed E-state index contributed by atoms with van der Waals surface area (Å²) in [5.74, 6) is -0.398. The fourth-order valence-electron chi connectivity index (χ4n) is 1.88. The number of nitrogens with one attached hydrogen (secondary N) is 1. The number of ketones is 1. The number of primary sulfonamides is 1. The molecule has 124 valence electrons. The molecule has 0 fully saturated rings. The standard InChI is InChI=1S/C15H13N3O5S/c16-24(22,23)15-4-2-1-3-13(15)17-10-9-14(19)11-5-7-12(8-6-11)18(20)21/h1-10,17H,(H2,16,22,23)/b10-9-. The summed E-state index contributed by atoms with van der Waals surface area (Å²) in [6.45, 7) is 0. The van der Waals surface area contributed by atoms with Gasteiger partial charge < -0.3 is 5.32 Å². The number of para-hydroxylation sites is 1. The third kappa shape index (κ3) is 4.24. The second kappa shape index (κ2) is 7.02. The number of carbonyl (C=O) groups is 1. The minimum Gasteiger partial charge on any atom is -0.360 e. The number of rotatable bonds is 6. The molecule has 0 aromatic heterocycles. The van der Waals surface area contributed by atoms with E-state index in [0.717, 1.165) is 0 Å². The molecule has 0 amide bonds. The lowest BCUT2D eigenvalue weighted by Crippen LogP contribution is -2.13. The van der Waals surface area contributed by atoms with Crippen molar-refractivity contribution in [1.29, 1.82) is 0 Å². The SMILES string of the molecule is NS(=O)(=O)c1ccccc1N/C=C\C(=O)c1ccc([N+](=O)[O-])cc1. The van der Waals surface area contributed by atoms with Crippen molar-refractivity contribution in [3.63, 3.8) is 0 Å². The first-order chi connectivity index (χ1) is 11.3. The largest absolute Gasteiger partial charge is 0.360 e. The zero-order valence-electron chi connectivity index (χ0n) is 12.2. The van der Waals surface area contributed by atoms with Gasteiger partial charge in [-0.25, -0.2) is 13.6 Å². The number of nitro benzene ring substituents is 1. The molecule has 0 atom stereocenters. The van der Waals surface area contributed by atoms with Crippen LogP contribution in [0.1, 0.15) is 10.4 Å². The van der Waals surface area contributed by atoms with Crippen molar-refractivity contribution in [2.45, 2.75) is 4.90 Å². The van der Waals surface area contributed by atoms with Gasteiger partial charge in [0.2, 0.25) is 10.0 Å². The number of anilines is 1. The maximum Gasteiger partial charge on any atom is 0.269 e. The van der Waals surface area contributed by atoms with Crippen LogP contribution in [0.15, 0.2) is 65.7 Å². The molecule has 0 heterocycles. The molecular weight excluding hydrogens is 334 g/mol. The van der Waals surface area contributed by atoms with Gasteiger partial charge in [-0.05, 0) is 24.3 Å². The highest BCUT2D eigenvalue weighted by Gasteiger charge is 2.12. The molecule has 0 bridgehead atoms. The van der Waals surface area contributed by atoms with E-state index in [2.05, 4.69) is 5.32 Å². The number of benzene rings is 2. The van der Waals surface area contributed by atoms with Crippen LogP contribution in [0, 0.1) is 10.1 Å². The molecule has 2 aromatic carbocycles. The third-order valence-corrected chi connectivity index (χ3v) is 4.00. The molecule has 9 heteroatoms. The number of non-ortho nitro benzene ring substituents is 1. The summed E-state index contributed by atoms with van der Waals surface area (Å²) >= 11 is 0. The summed E-state index contributed by atoms with van der Waals surface area (Å²) in [5.41, 5.74) is 0.377. The van der Waals surface area contributed by atoms with Crippen molar-refractivity contribution < 1.29 is 18.1 Å². The molecule has 2 rings (SSSR count). The summed E-state index contributed by atoms with van der Waals surface area (Å²) in [5, 5.41) is 18.3. The molecule has 8 nitrogen and oxygen atoms in total. The summed E-state index contributed by atoms with van der Waals surface area (Å²) in [4.78, 5) is 21.9. The van der Waals surface area contributed by atoms with Crippen LogP contribution in [-0.4, -0.2) is 19.1 Å². The minimum atomic E-state index is -3.89. The average Bonchev–Trinajstić information content (AvgIpc) is 2.54. The normalized spacial score (nSPS) is 11.4. The molecular formula is C15H13N3O5S. The van der Waals surface area contributed by atoms with Crippen LogP contribution in [0.25, 0.3) is 0 Å². The lowest BCUT2D eigenvalue weighted by molar-refractivity contribution is -0.384. The zero-order valence-corrected chi connectivity index (χ0v) is 13.1. The Bertz CT molecular complexity index is 905.